The van der Waals surface area contributed by atoms with E-state index in [1.165, 1.54) is 12.1 Å². The number of hydrogen-bond donors (Lipinski definition) is 5. The van der Waals surface area contributed by atoms with Crippen LogP contribution in [0.4, 0.5) is 13.6 Å². The number of rotatable bonds is 11. The van der Waals surface area contributed by atoms with E-state index < -0.39 is 36.9 Å². The van der Waals surface area contributed by atoms with Crippen LogP contribution in [-0.2, 0) is 32.8 Å². The Bertz CT molecular complexity index is 968. The van der Waals surface area contributed by atoms with Crippen molar-refractivity contribution in [2.45, 2.75) is 31.2 Å². The monoisotopic (exact) mass is 486 g/mol. The zero-order valence-electron chi connectivity index (χ0n) is 17.5. The van der Waals surface area contributed by atoms with E-state index >= 15 is 0 Å². The highest BCUT2D eigenvalue weighted by molar-refractivity contribution is 7.52. The quantitative estimate of drug-likeness (QED) is 0.242. The first kappa shape index (κ1) is 26.4. The Labute approximate surface area is 188 Å². The van der Waals surface area contributed by atoms with Gasteiger partial charge in [-0.25, -0.2) is 4.79 Å². The zero-order chi connectivity index (χ0) is 24.5. The van der Waals surface area contributed by atoms with Crippen LogP contribution in [0.15, 0.2) is 54.6 Å². The molecule has 12 heteroatoms. The van der Waals surface area contributed by atoms with Gasteiger partial charge in [0.15, 0.2) is 0 Å². The van der Waals surface area contributed by atoms with Crippen molar-refractivity contribution in [2.24, 2.45) is 0 Å². The van der Waals surface area contributed by atoms with Crippen molar-refractivity contribution in [3.63, 3.8) is 0 Å². The lowest BCUT2D eigenvalue weighted by Crippen LogP contribution is -2.48. The first-order valence-corrected chi connectivity index (χ1v) is 11.5. The Morgan fingerprint density at radius 3 is 2.24 bits per heavy atom. The normalized spacial score (nSPS) is 12.6. The van der Waals surface area contributed by atoms with Gasteiger partial charge in [0, 0.05) is 25.1 Å². The van der Waals surface area contributed by atoms with E-state index in [0.717, 1.165) is 17.7 Å². The summed E-state index contributed by atoms with van der Waals surface area (Å²) >= 11 is 0. The Kier molecular flexibility index (Phi) is 9.48. The number of alkyl halides is 2. The van der Waals surface area contributed by atoms with E-state index in [1.54, 1.807) is 30.3 Å². The van der Waals surface area contributed by atoms with Gasteiger partial charge in [0.1, 0.15) is 12.6 Å². The fourth-order valence-corrected chi connectivity index (χ4v) is 3.26. The molecule has 0 aliphatic heterocycles. The summed E-state index contributed by atoms with van der Waals surface area (Å²) in [6.07, 6.45) is -0.679. The SMILES string of the molecule is O=C(NC(Cc1ccc(C(F)(F)P(=O)(O)O)cc1)C(=O)NCCCO)OCc1ccccc1. The molecule has 2 rings (SSSR count). The largest absolute Gasteiger partial charge is 0.445 e. The Balaban J connectivity index is 2.09. The number of ether oxygens (including phenoxy) is 1. The van der Waals surface area contributed by atoms with Gasteiger partial charge in [-0.3, -0.25) is 9.36 Å². The molecule has 33 heavy (non-hydrogen) atoms. The molecule has 1 unspecified atom stereocenters. The molecule has 0 saturated carbocycles. The number of hydrogen-bond acceptors (Lipinski definition) is 5. The van der Waals surface area contributed by atoms with Gasteiger partial charge in [-0.1, -0.05) is 54.6 Å². The number of nitrogens with one attached hydrogen (secondary N) is 2. The molecular formula is C21H25F2N2O7P. The summed E-state index contributed by atoms with van der Waals surface area (Å²) in [4.78, 5) is 42.4. The van der Waals surface area contributed by atoms with Gasteiger partial charge in [-0.2, -0.15) is 8.78 Å². The van der Waals surface area contributed by atoms with E-state index in [4.69, 9.17) is 19.6 Å². The summed E-state index contributed by atoms with van der Waals surface area (Å²) in [5.41, 5.74) is -4.14. The molecule has 0 heterocycles. The Morgan fingerprint density at radius 1 is 1.03 bits per heavy atom. The third-order valence-electron chi connectivity index (χ3n) is 4.56. The molecule has 9 nitrogen and oxygen atoms in total. The maximum Gasteiger partial charge on any atom is 0.408 e. The number of alkyl carbamates (subject to hydrolysis) is 1. The summed E-state index contributed by atoms with van der Waals surface area (Å²) in [6, 6.07) is 11.8. The van der Waals surface area contributed by atoms with Crippen LogP contribution < -0.4 is 10.6 Å². The average Bonchev–Trinajstić information content (AvgIpc) is 2.77. The summed E-state index contributed by atoms with van der Waals surface area (Å²) in [6.45, 7) is -0.0234. The molecule has 0 fully saturated rings. The van der Waals surface area contributed by atoms with Crippen LogP contribution in [0.2, 0.25) is 0 Å². The van der Waals surface area contributed by atoms with Crippen LogP contribution in [0.3, 0.4) is 0 Å². The minimum Gasteiger partial charge on any atom is -0.445 e. The number of amides is 2. The van der Waals surface area contributed by atoms with Crippen LogP contribution in [0.5, 0.6) is 0 Å². The number of aliphatic hydroxyl groups is 1. The Morgan fingerprint density at radius 2 is 1.67 bits per heavy atom. The number of halogens is 2. The summed E-state index contributed by atoms with van der Waals surface area (Å²) in [5.74, 6) is -0.579. The van der Waals surface area contributed by atoms with Crippen molar-refractivity contribution in [2.75, 3.05) is 13.2 Å². The number of benzene rings is 2. The molecule has 0 bridgehead atoms. The van der Waals surface area contributed by atoms with Crippen molar-refractivity contribution in [3.8, 4) is 0 Å². The first-order chi connectivity index (χ1) is 15.5. The van der Waals surface area contributed by atoms with Crippen LogP contribution in [0.1, 0.15) is 23.1 Å². The molecule has 2 amide bonds. The molecular weight excluding hydrogens is 461 g/mol. The smallest absolute Gasteiger partial charge is 0.408 e. The Hall–Kier alpha value is -2.85. The molecule has 0 aliphatic carbocycles. The molecule has 0 spiro atoms. The standard InChI is InChI=1S/C21H25F2N2O7P/c22-21(23,33(29,30)31)17-9-7-15(8-10-17)13-18(19(27)24-11-4-12-26)25-20(28)32-14-16-5-2-1-3-6-16/h1-3,5-10,18,26H,4,11-14H2,(H,24,27)(H,25,28)(H2,29,30,31). The second kappa shape index (κ2) is 11.9. The molecule has 0 aliphatic rings. The fraction of sp³-hybridized carbons (Fsp3) is 0.333. The number of aliphatic hydroxyl groups excluding tert-OH is 1. The van der Waals surface area contributed by atoms with Gasteiger partial charge in [0.25, 0.3) is 0 Å². The minimum atomic E-state index is -5.71. The van der Waals surface area contributed by atoms with E-state index in [0.29, 0.717) is 12.0 Å². The molecule has 180 valence electrons. The third-order valence-corrected chi connectivity index (χ3v) is 5.55. The topological polar surface area (TPSA) is 145 Å². The van der Waals surface area contributed by atoms with E-state index in [1.807, 2.05) is 0 Å². The molecule has 0 radical (unpaired) electrons. The lowest BCUT2D eigenvalue weighted by molar-refractivity contribution is -0.123. The van der Waals surface area contributed by atoms with Crippen molar-refractivity contribution in [3.05, 3.63) is 71.3 Å². The second-order valence-electron chi connectivity index (χ2n) is 7.11. The van der Waals surface area contributed by atoms with Crippen LogP contribution >= 0.6 is 7.60 Å². The molecule has 2 aromatic carbocycles. The van der Waals surface area contributed by atoms with E-state index in [-0.39, 0.29) is 26.2 Å². The van der Waals surface area contributed by atoms with Gasteiger partial charge < -0.3 is 30.3 Å². The van der Waals surface area contributed by atoms with Gasteiger partial charge >= 0.3 is 19.4 Å². The van der Waals surface area contributed by atoms with Gasteiger partial charge in [0.2, 0.25) is 5.91 Å². The molecule has 0 aromatic heterocycles. The maximum atomic E-state index is 13.8. The second-order valence-corrected chi connectivity index (χ2v) is 8.76. The van der Waals surface area contributed by atoms with Crippen molar-refractivity contribution < 1.29 is 42.6 Å². The maximum absolute atomic E-state index is 13.8. The highest BCUT2D eigenvalue weighted by atomic mass is 31.2. The third kappa shape index (κ3) is 7.90. The number of carbonyl (C=O) groups is 2. The highest BCUT2D eigenvalue weighted by Gasteiger charge is 2.50. The zero-order valence-corrected chi connectivity index (χ0v) is 18.4. The number of carbonyl (C=O) groups excluding carboxylic acids is 2. The first-order valence-electron chi connectivity index (χ1n) is 9.93. The summed E-state index contributed by atoms with van der Waals surface area (Å²) in [5, 5.41) is 13.8. The van der Waals surface area contributed by atoms with Crippen molar-refractivity contribution in [1.82, 2.24) is 10.6 Å². The van der Waals surface area contributed by atoms with E-state index in [9.17, 15) is 22.9 Å². The van der Waals surface area contributed by atoms with Crippen molar-refractivity contribution in [1.29, 1.82) is 0 Å². The van der Waals surface area contributed by atoms with Crippen molar-refractivity contribution >= 4 is 19.6 Å². The lowest BCUT2D eigenvalue weighted by atomic mass is 10.0. The van der Waals surface area contributed by atoms with Crippen LogP contribution in [-0.4, -0.2) is 46.1 Å². The van der Waals surface area contributed by atoms with E-state index in [2.05, 4.69) is 10.6 Å². The van der Waals surface area contributed by atoms with Gasteiger partial charge in [-0.15, -0.1) is 0 Å². The van der Waals surface area contributed by atoms with Gasteiger partial charge in [-0.05, 0) is 17.5 Å². The summed E-state index contributed by atoms with van der Waals surface area (Å²) in [7, 11) is -5.71. The van der Waals surface area contributed by atoms with Gasteiger partial charge in [0.05, 0.1) is 0 Å². The minimum absolute atomic E-state index is 0.0301. The van der Waals surface area contributed by atoms with Crippen LogP contribution in [0.25, 0.3) is 0 Å². The summed E-state index contributed by atoms with van der Waals surface area (Å²) < 4.78 is 43.8. The predicted octanol–water partition coefficient (Wildman–Crippen LogP) is 2.25. The molecule has 1 atom stereocenters. The fourth-order valence-electron chi connectivity index (χ4n) is 2.78. The molecule has 0 saturated heterocycles. The average molecular weight is 486 g/mol. The highest BCUT2D eigenvalue weighted by Crippen LogP contribution is 2.59. The molecule has 2 aromatic rings. The van der Waals surface area contributed by atoms with Crippen LogP contribution in [0, 0.1) is 0 Å². The lowest BCUT2D eigenvalue weighted by Gasteiger charge is -2.20. The predicted molar refractivity (Wildman–Crippen MR) is 114 cm³/mol. The molecule has 5 N–H and O–H groups in total.